The molecule has 0 aliphatic rings. The average Bonchev–Trinajstić information content (AvgIpc) is 2.46. The summed E-state index contributed by atoms with van der Waals surface area (Å²) in [5.41, 5.74) is 5.69. The molecule has 2 aromatic carbocycles. The molecule has 0 saturated carbocycles. The highest BCUT2D eigenvalue weighted by atomic mass is 35.5. The van der Waals surface area contributed by atoms with Gasteiger partial charge in [-0.05, 0) is 12.1 Å². The van der Waals surface area contributed by atoms with Crippen molar-refractivity contribution in [2.75, 3.05) is 6.61 Å². The van der Waals surface area contributed by atoms with Crippen molar-refractivity contribution >= 4 is 28.8 Å². The van der Waals surface area contributed by atoms with Crippen molar-refractivity contribution in [3.8, 4) is 5.75 Å². The van der Waals surface area contributed by atoms with Gasteiger partial charge in [-0.25, -0.2) is 0 Å². The van der Waals surface area contributed by atoms with Crippen LogP contribution < -0.4 is 10.5 Å². The van der Waals surface area contributed by atoms with Gasteiger partial charge >= 0.3 is 5.92 Å². The lowest BCUT2D eigenvalue weighted by molar-refractivity contribution is -0.0467. The van der Waals surface area contributed by atoms with Crippen molar-refractivity contribution in [2.45, 2.75) is 5.92 Å². The molecule has 0 saturated heterocycles. The van der Waals surface area contributed by atoms with Crippen LogP contribution in [0.3, 0.4) is 0 Å². The SMILES string of the molecule is NC(=S)c1c(Cl)cccc1OCC(F)(F)c1ccccc1. The molecular formula is C15H12ClF2NOS. The van der Waals surface area contributed by atoms with E-state index in [2.05, 4.69) is 0 Å². The Morgan fingerprint density at radius 2 is 1.81 bits per heavy atom. The minimum atomic E-state index is -3.13. The van der Waals surface area contributed by atoms with Crippen LogP contribution in [-0.2, 0) is 5.92 Å². The zero-order chi connectivity index (χ0) is 15.5. The molecule has 0 unspecified atom stereocenters. The van der Waals surface area contributed by atoms with E-state index in [1.807, 2.05) is 0 Å². The second kappa shape index (κ2) is 6.37. The molecule has 0 aromatic heterocycles. The molecule has 2 nitrogen and oxygen atoms in total. The van der Waals surface area contributed by atoms with Crippen molar-refractivity contribution < 1.29 is 13.5 Å². The predicted octanol–water partition coefficient (Wildman–Crippen LogP) is 4.15. The Morgan fingerprint density at radius 3 is 2.43 bits per heavy atom. The molecule has 0 spiro atoms. The molecule has 0 aliphatic heterocycles. The summed E-state index contributed by atoms with van der Waals surface area (Å²) in [6, 6.07) is 12.1. The van der Waals surface area contributed by atoms with E-state index in [4.69, 9.17) is 34.3 Å². The van der Waals surface area contributed by atoms with E-state index in [0.717, 1.165) is 0 Å². The Bertz CT molecular complexity index is 649. The fourth-order valence-electron chi connectivity index (χ4n) is 1.80. The first-order valence-corrected chi connectivity index (χ1v) is 6.85. The van der Waals surface area contributed by atoms with Gasteiger partial charge in [-0.15, -0.1) is 0 Å². The van der Waals surface area contributed by atoms with Gasteiger partial charge in [-0.3, -0.25) is 0 Å². The van der Waals surface area contributed by atoms with Gasteiger partial charge in [-0.1, -0.05) is 60.2 Å². The maximum absolute atomic E-state index is 14.1. The van der Waals surface area contributed by atoms with E-state index in [1.165, 1.54) is 18.2 Å². The third-order valence-corrected chi connectivity index (χ3v) is 3.35. The van der Waals surface area contributed by atoms with E-state index in [1.54, 1.807) is 30.3 Å². The summed E-state index contributed by atoms with van der Waals surface area (Å²) >= 11 is 10.8. The number of halogens is 3. The normalized spacial score (nSPS) is 11.2. The van der Waals surface area contributed by atoms with E-state index in [9.17, 15) is 8.78 Å². The van der Waals surface area contributed by atoms with Crippen LogP contribution in [0.5, 0.6) is 5.75 Å². The highest BCUT2D eigenvalue weighted by molar-refractivity contribution is 7.80. The molecule has 0 aliphatic carbocycles. The Morgan fingerprint density at radius 1 is 1.14 bits per heavy atom. The summed E-state index contributed by atoms with van der Waals surface area (Å²) in [5.74, 6) is -2.98. The second-order valence-electron chi connectivity index (χ2n) is 4.34. The van der Waals surface area contributed by atoms with Crippen LogP contribution in [0.4, 0.5) is 8.78 Å². The molecule has 2 rings (SSSR count). The molecule has 0 bridgehead atoms. The number of nitrogens with two attached hydrogens (primary N) is 1. The van der Waals surface area contributed by atoms with Crippen LogP contribution in [0.1, 0.15) is 11.1 Å². The van der Waals surface area contributed by atoms with Gasteiger partial charge in [0, 0.05) is 5.56 Å². The molecule has 21 heavy (non-hydrogen) atoms. The molecule has 6 heteroatoms. The van der Waals surface area contributed by atoms with Gasteiger partial charge in [-0.2, -0.15) is 8.78 Å². The number of alkyl halides is 2. The maximum Gasteiger partial charge on any atom is 0.306 e. The Hall–Kier alpha value is -1.72. The van der Waals surface area contributed by atoms with Gasteiger partial charge in [0.2, 0.25) is 0 Å². The number of ether oxygens (including phenoxy) is 1. The molecule has 0 radical (unpaired) electrons. The lowest BCUT2D eigenvalue weighted by atomic mass is 10.1. The van der Waals surface area contributed by atoms with Gasteiger partial charge in [0.25, 0.3) is 0 Å². The summed E-state index contributed by atoms with van der Waals surface area (Å²) in [5, 5.41) is 0.267. The fourth-order valence-corrected chi connectivity index (χ4v) is 2.33. The molecule has 2 N–H and O–H groups in total. The average molecular weight is 328 g/mol. The van der Waals surface area contributed by atoms with Crippen molar-refractivity contribution in [3.63, 3.8) is 0 Å². The van der Waals surface area contributed by atoms with Crippen molar-refractivity contribution in [1.82, 2.24) is 0 Å². The standard InChI is InChI=1S/C15H12ClF2NOS/c16-11-7-4-8-12(13(11)14(19)21)20-9-15(17,18)10-5-2-1-3-6-10/h1-8H,9H2,(H2,19,21). The predicted molar refractivity (Wildman–Crippen MR) is 83.2 cm³/mol. The molecule has 0 atom stereocenters. The molecule has 2 aromatic rings. The maximum atomic E-state index is 14.1. The summed E-state index contributed by atoms with van der Waals surface area (Å²) in [6.45, 7) is -0.826. The largest absolute Gasteiger partial charge is 0.486 e. The lowest BCUT2D eigenvalue weighted by Gasteiger charge is -2.19. The zero-order valence-corrected chi connectivity index (χ0v) is 12.4. The molecule has 0 fully saturated rings. The minimum absolute atomic E-state index is 0.00127. The molecule has 0 heterocycles. The zero-order valence-electron chi connectivity index (χ0n) is 10.9. The summed E-state index contributed by atoms with van der Waals surface area (Å²) in [7, 11) is 0. The van der Waals surface area contributed by atoms with Crippen LogP contribution in [-0.4, -0.2) is 11.6 Å². The molecule has 0 amide bonds. The van der Waals surface area contributed by atoms with E-state index in [-0.39, 0.29) is 26.9 Å². The minimum Gasteiger partial charge on any atom is -0.486 e. The van der Waals surface area contributed by atoms with E-state index in [0.29, 0.717) is 0 Å². The number of rotatable bonds is 5. The van der Waals surface area contributed by atoms with Crippen molar-refractivity contribution in [2.24, 2.45) is 5.73 Å². The van der Waals surface area contributed by atoms with Crippen LogP contribution in [0.15, 0.2) is 48.5 Å². The summed E-state index contributed by atoms with van der Waals surface area (Å²) < 4.78 is 33.3. The van der Waals surface area contributed by atoms with E-state index >= 15 is 0 Å². The van der Waals surface area contributed by atoms with Gasteiger partial charge in [0.05, 0.1) is 10.6 Å². The highest BCUT2D eigenvalue weighted by Crippen LogP contribution is 2.31. The Labute approximate surface area is 131 Å². The lowest BCUT2D eigenvalue weighted by Crippen LogP contribution is -2.24. The fraction of sp³-hybridized carbons (Fsp3) is 0.133. The topological polar surface area (TPSA) is 35.2 Å². The molecular weight excluding hydrogens is 316 g/mol. The number of hydrogen-bond acceptors (Lipinski definition) is 2. The number of thiocarbonyl (C=S) groups is 1. The first-order chi connectivity index (χ1) is 9.92. The van der Waals surface area contributed by atoms with Gasteiger partial charge in [0.1, 0.15) is 10.7 Å². The summed E-state index contributed by atoms with van der Waals surface area (Å²) in [4.78, 5) is -0.00127. The monoisotopic (exact) mass is 327 g/mol. The van der Waals surface area contributed by atoms with Crippen molar-refractivity contribution in [1.29, 1.82) is 0 Å². The van der Waals surface area contributed by atoms with Crippen LogP contribution >= 0.6 is 23.8 Å². The number of hydrogen-bond donors (Lipinski definition) is 1. The highest BCUT2D eigenvalue weighted by Gasteiger charge is 2.32. The third-order valence-electron chi connectivity index (χ3n) is 2.83. The first kappa shape index (κ1) is 15.7. The number of benzene rings is 2. The van der Waals surface area contributed by atoms with Crippen LogP contribution in [0.2, 0.25) is 5.02 Å². The Balaban J connectivity index is 2.21. The van der Waals surface area contributed by atoms with Gasteiger partial charge in [0.15, 0.2) is 6.61 Å². The van der Waals surface area contributed by atoms with Crippen LogP contribution in [0, 0.1) is 0 Å². The Kier molecular flexibility index (Phi) is 4.75. The smallest absolute Gasteiger partial charge is 0.306 e. The quantitative estimate of drug-likeness (QED) is 0.838. The van der Waals surface area contributed by atoms with Crippen molar-refractivity contribution in [3.05, 3.63) is 64.7 Å². The van der Waals surface area contributed by atoms with Crippen LogP contribution in [0.25, 0.3) is 0 Å². The molecule has 110 valence electrons. The second-order valence-corrected chi connectivity index (χ2v) is 5.18. The van der Waals surface area contributed by atoms with Gasteiger partial charge < -0.3 is 10.5 Å². The third kappa shape index (κ3) is 3.68. The first-order valence-electron chi connectivity index (χ1n) is 6.06. The summed E-state index contributed by atoms with van der Waals surface area (Å²) in [6.07, 6.45) is 0. The van der Waals surface area contributed by atoms with E-state index < -0.39 is 12.5 Å².